The third-order valence-corrected chi connectivity index (χ3v) is 7.82. The molecule has 0 unspecified atom stereocenters. The summed E-state index contributed by atoms with van der Waals surface area (Å²) >= 11 is 1.57. The number of hydrogen-bond donors (Lipinski definition) is 3. The van der Waals surface area contributed by atoms with Crippen LogP contribution < -0.4 is 10.6 Å². The number of carbonyl (C=O) groups is 4. The number of β-amino-alcohol motifs (C(OH)–C–C–N with tert-alkyl or cyclic N) is 1. The maximum atomic E-state index is 13.6. The number of ether oxygens (including phenoxy) is 1. The minimum absolute atomic E-state index is 0.0151. The molecule has 1 fully saturated rings. The number of likely N-dealkylation sites (tertiary alicyclic amines) is 1. The molecule has 4 atom stereocenters. The molecule has 1 aromatic carbocycles. The van der Waals surface area contributed by atoms with Crippen molar-refractivity contribution in [1.82, 2.24) is 20.5 Å². The molecular weight excluding hydrogens is 520 g/mol. The molecule has 3 rings (SSSR count). The molecule has 1 aromatic heterocycles. The summed E-state index contributed by atoms with van der Waals surface area (Å²) in [6.07, 6.45) is -1.000. The summed E-state index contributed by atoms with van der Waals surface area (Å²) in [5, 5.41) is 16.1. The lowest BCUT2D eigenvalue weighted by molar-refractivity contribution is -0.145. The van der Waals surface area contributed by atoms with Crippen molar-refractivity contribution in [3.8, 4) is 10.4 Å². The molecule has 0 aliphatic carbocycles. The molecule has 0 saturated carbocycles. The summed E-state index contributed by atoms with van der Waals surface area (Å²) < 4.78 is 4.58. The van der Waals surface area contributed by atoms with Crippen molar-refractivity contribution in [3.63, 3.8) is 0 Å². The number of thiazole rings is 1. The minimum Gasteiger partial charge on any atom is -0.469 e. The number of carbonyl (C=O) groups excluding carboxylic acids is 4. The van der Waals surface area contributed by atoms with Gasteiger partial charge in [-0.25, -0.2) is 4.98 Å². The second kappa shape index (κ2) is 12.7. The Bertz CT molecular complexity index is 1190. The van der Waals surface area contributed by atoms with Gasteiger partial charge in [-0.05, 0) is 30.4 Å². The Morgan fingerprint density at radius 2 is 1.82 bits per heavy atom. The van der Waals surface area contributed by atoms with Crippen molar-refractivity contribution in [3.05, 3.63) is 41.0 Å². The molecule has 0 bridgehead atoms. The van der Waals surface area contributed by atoms with Gasteiger partial charge in [0.05, 0.1) is 41.8 Å². The summed E-state index contributed by atoms with van der Waals surface area (Å²) in [5.74, 6) is -1.83. The van der Waals surface area contributed by atoms with Crippen molar-refractivity contribution in [1.29, 1.82) is 0 Å². The van der Waals surface area contributed by atoms with E-state index in [1.165, 1.54) is 12.0 Å². The minimum atomic E-state index is -0.955. The van der Waals surface area contributed by atoms with Gasteiger partial charge >= 0.3 is 5.97 Å². The highest BCUT2D eigenvalue weighted by atomic mass is 32.1. The fraction of sp³-hybridized carbons (Fsp3) is 0.536. The van der Waals surface area contributed by atoms with E-state index in [-0.39, 0.29) is 37.8 Å². The molecule has 39 heavy (non-hydrogen) atoms. The molecule has 3 N–H and O–H groups in total. The molecule has 2 heterocycles. The van der Waals surface area contributed by atoms with E-state index < -0.39 is 41.4 Å². The topological polar surface area (TPSA) is 138 Å². The Morgan fingerprint density at radius 1 is 1.15 bits per heavy atom. The van der Waals surface area contributed by atoms with Gasteiger partial charge in [0, 0.05) is 19.4 Å². The first kappa shape index (κ1) is 30.2. The average Bonchev–Trinajstić information content (AvgIpc) is 3.50. The molecule has 10 nitrogen and oxygen atoms in total. The van der Waals surface area contributed by atoms with Crippen LogP contribution in [0.25, 0.3) is 10.4 Å². The molecule has 1 aliphatic rings. The summed E-state index contributed by atoms with van der Waals surface area (Å²) in [6, 6.07) is 5.71. The second-order valence-electron chi connectivity index (χ2n) is 11.0. The predicted octanol–water partition coefficient (Wildman–Crippen LogP) is 2.74. The van der Waals surface area contributed by atoms with Gasteiger partial charge in [-0.15, -0.1) is 11.3 Å². The standard InChI is InChI=1S/C28H38N4O6S/c1-16(18-7-9-19(10-8-18)24-17(2)29-15-39-24)30-26(36)21-13-20(33)14-32(21)27(37)25(28(3,4)5)31-22(34)11-12-23(35)38-6/h7-10,15-16,20-21,25,33H,11-14H2,1-6H3,(H,30,36)(H,31,34)/t16-,20+,21-,25+/m0/s1. The molecule has 1 saturated heterocycles. The first-order chi connectivity index (χ1) is 18.3. The molecule has 0 spiro atoms. The fourth-order valence-corrected chi connectivity index (χ4v) is 5.38. The van der Waals surface area contributed by atoms with Crippen LogP contribution in [0.1, 0.15) is 64.3 Å². The Kier molecular flexibility index (Phi) is 9.84. The molecule has 0 radical (unpaired) electrons. The van der Waals surface area contributed by atoms with E-state index in [1.54, 1.807) is 32.1 Å². The number of methoxy groups -OCH3 is 1. The fourth-order valence-electron chi connectivity index (χ4n) is 4.57. The van der Waals surface area contributed by atoms with Crippen LogP contribution in [0.2, 0.25) is 0 Å². The van der Waals surface area contributed by atoms with Gasteiger partial charge in [-0.2, -0.15) is 0 Å². The highest BCUT2D eigenvalue weighted by molar-refractivity contribution is 7.13. The van der Waals surface area contributed by atoms with Gasteiger partial charge in [0.1, 0.15) is 12.1 Å². The van der Waals surface area contributed by atoms with E-state index in [2.05, 4.69) is 20.4 Å². The average molecular weight is 559 g/mol. The van der Waals surface area contributed by atoms with E-state index in [0.717, 1.165) is 21.7 Å². The van der Waals surface area contributed by atoms with E-state index >= 15 is 0 Å². The zero-order valence-electron chi connectivity index (χ0n) is 23.3. The number of nitrogens with zero attached hydrogens (tertiary/aromatic N) is 2. The molecular formula is C28H38N4O6S. The zero-order valence-corrected chi connectivity index (χ0v) is 24.1. The van der Waals surface area contributed by atoms with Crippen LogP contribution in [0, 0.1) is 12.3 Å². The summed E-state index contributed by atoms with van der Waals surface area (Å²) in [4.78, 5) is 57.6. The van der Waals surface area contributed by atoms with Gasteiger partial charge in [-0.1, -0.05) is 45.0 Å². The Hall–Kier alpha value is -3.31. The number of aliphatic hydroxyl groups is 1. The Balaban J connectivity index is 1.70. The molecule has 11 heteroatoms. The van der Waals surface area contributed by atoms with E-state index in [1.807, 2.05) is 43.6 Å². The normalized spacial score (nSPS) is 18.8. The molecule has 3 amide bonds. The van der Waals surface area contributed by atoms with Crippen LogP contribution in [0.15, 0.2) is 29.8 Å². The monoisotopic (exact) mass is 558 g/mol. The van der Waals surface area contributed by atoms with Gasteiger partial charge < -0.3 is 25.4 Å². The largest absolute Gasteiger partial charge is 0.469 e. The SMILES string of the molecule is COC(=O)CCC(=O)N[C@H](C(=O)N1C[C@H](O)C[C@H]1C(=O)N[C@@H](C)c1ccc(-c2scnc2C)cc1)C(C)(C)C. The molecule has 1 aliphatic heterocycles. The van der Waals surface area contributed by atoms with Crippen LogP contribution >= 0.6 is 11.3 Å². The van der Waals surface area contributed by atoms with Gasteiger partial charge in [0.15, 0.2) is 0 Å². The van der Waals surface area contributed by atoms with Crippen LogP contribution in [0.3, 0.4) is 0 Å². The Morgan fingerprint density at radius 3 is 2.38 bits per heavy atom. The Labute approximate surface area is 233 Å². The number of amides is 3. The summed E-state index contributed by atoms with van der Waals surface area (Å²) in [5.41, 5.74) is 4.04. The number of benzene rings is 1. The second-order valence-corrected chi connectivity index (χ2v) is 11.8. The van der Waals surface area contributed by atoms with Gasteiger partial charge in [-0.3, -0.25) is 19.2 Å². The number of nitrogens with one attached hydrogen (secondary N) is 2. The number of aromatic nitrogens is 1. The number of aliphatic hydroxyl groups excluding tert-OH is 1. The highest BCUT2D eigenvalue weighted by Gasteiger charge is 2.44. The van der Waals surface area contributed by atoms with Crippen molar-refractivity contribution in [2.24, 2.45) is 5.41 Å². The first-order valence-electron chi connectivity index (χ1n) is 13.0. The molecule has 212 valence electrons. The first-order valence-corrected chi connectivity index (χ1v) is 13.8. The third kappa shape index (κ3) is 7.63. The zero-order chi connectivity index (χ0) is 28.9. The van der Waals surface area contributed by atoms with E-state index in [9.17, 15) is 24.3 Å². The lowest BCUT2D eigenvalue weighted by atomic mass is 9.85. The summed E-state index contributed by atoms with van der Waals surface area (Å²) in [6.45, 7) is 9.22. The predicted molar refractivity (Wildman–Crippen MR) is 148 cm³/mol. The van der Waals surface area contributed by atoms with Crippen molar-refractivity contribution >= 4 is 35.0 Å². The number of hydrogen-bond acceptors (Lipinski definition) is 8. The van der Waals surface area contributed by atoms with Crippen LogP contribution in [-0.2, 0) is 23.9 Å². The van der Waals surface area contributed by atoms with Gasteiger partial charge in [0.25, 0.3) is 0 Å². The quantitative estimate of drug-likeness (QED) is 0.403. The number of esters is 1. The maximum Gasteiger partial charge on any atom is 0.306 e. The lowest BCUT2D eigenvalue weighted by Crippen LogP contribution is -2.57. The van der Waals surface area contributed by atoms with Crippen LogP contribution in [0.4, 0.5) is 0 Å². The molecule has 2 aromatic rings. The summed E-state index contributed by atoms with van der Waals surface area (Å²) in [7, 11) is 1.24. The van der Waals surface area contributed by atoms with Crippen molar-refractivity contribution in [2.75, 3.05) is 13.7 Å². The van der Waals surface area contributed by atoms with Crippen LogP contribution in [0.5, 0.6) is 0 Å². The number of aryl methyl sites for hydroxylation is 1. The smallest absolute Gasteiger partial charge is 0.306 e. The lowest BCUT2D eigenvalue weighted by Gasteiger charge is -2.35. The van der Waals surface area contributed by atoms with Crippen LogP contribution in [-0.4, -0.2) is 70.5 Å². The number of rotatable bonds is 9. The van der Waals surface area contributed by atoms with Crippen molar-refractivity contribution < 1.29 is 29.0 Å². The van der Waals surface area contributed by atoms with Gasteiger partial charge in [0.2, 0.25) is 17.7 Å². The van der Waals surface area contributed by atoms with E-state index in [4.69, 9.17) is 0 Å². The maximum absolute atomic E-state index is 13.6. The van der Waals surface area contributed by atoms with Crippen molar-refractivity contribution in [2.45, 2.75) is 78.1 Å². The highest BCUT2D eigenvalue weighted by Crippen LogP contribution is 2.29. The van der Waals surface area contributed by atoms with E-state index in [0.29, 0.717) is 0 Å². The third-order valence-electron chi connectivity index (χ3n) is 6.84.